The van der Waals surface area contributed by atoms with Gasteiger partial charge in [0.25, 0.3) is 0 Å². The number of benzene rings is 1. The summed E-state index contributed by atoms with van der Waals surface area (Å²) >= 11 is 0. The van der Waals surface area contributed by atoms with E-state index >= 15 is 0 Å². The molecule has 0 aliphatic heterocycles. The van der Waals surface area contributed by atoms with E-state index in [-0.39, 0.29) is 17.9 Å². The third kappa shape index (κ3) is 4.37. The van der Waals surface area contributed by atoms with E-state index < -0.39 is 27.3 Å². The lowest BCUT2D eigenvalue weighted by Crippen LogP contribution is -2.41. The predicted octanol–water partition coefficient (Wildman–Crippen LogP) is 2.34. The van der Waals surface area contributed by atoms with Crippen molar-refractivity contribution in [1.82, 2.24) is 4.72 Å². The first-order chi connectivity index (χ1) is 12.8. The summed E-state index contributed by atoms with van der Waals surface area (Å²) in [5.74, 6) is -0.944. The molecule has 1 aromatic carbocycles. The molecular weight excluding hydrogens is 372 g/mol. The van der Waals surface area contributed by atoms with E-state index in [1.807, 2.05) is 0 Å². The van der Waals surface area contributed by atoms with Crippen LogP contribution in [0.15, 0.2) is 52.0 Å². The van der Waals surface area contributed by atoms with E-state index in [0.717, 1.165) is 6.42 Å². The van der Waals surface area contributed by atoms with Crippen molar-refractivity contribution in [2.45, 2.75) is 37.1 Å². The Kier molecular flexibility index (Phi) is 5.33. The first kappa shape index (κ1) is 19.1. The summed E-state index contributed by atoms with van der Waals surface area (Å²) in [6.45, 7) is 0.00700. The normalized spacial score (nSPS) is 15.7. The maximum atomic E-state index is 12.4. The molecule has 9 heteroatoms. The number of hydrogen-bond acceptors (Lipinski definition) is 5. The number of amides is 1. The third-order valence-corrected chi connectivity index (χ3v) is 6.11. The maximum absolute atomic E-state index is 12.4. The van der Waals surface area contributed by atoms with E-state index in [9.17, 15) is 23.1 Å². The topological polar surface area (TPSA) is 126 Å². The maximum Gasteiger partial charge on any atom is 0.310 e. The molecule has 0 bridgehead atoms. The van der Waals surface area contributed by atoms with Crippen LogP contribution in [0.1, 0.15) is 31.4 Å². The Labute approximate surface area is 156 Å². The van der Waals surface area contributed by atoms with Crippen LogP contribution >= 0.6 is 0 Å². The highest BCUT2D eigenvalue weighted by Crippen LogP contribution is 2.44. The van der Waals surface area contributed by atoms with Gasteiger partial charge in [0.15, 0.2) is 0 Å². The summed E-state index contributed by atoms with van der Waals surface area (Å²) in [4.78, 5) is 23.6. The van der Waals surface area contributed by atoms with Crippen molar-refractivity contribution in [3.05, 3.63) is 48.4 Å². The molecule has 3 rings (SSSR count). The lowest BCUT2D eigenvalue weighted by Gasteiger charge is -2.36. The lowest BCUT2D eigenvalue weighted by molar-refractivity contribution is -0.157. The summed E-state index contributed by atoms with van der Waals surface area (Å²) in [6.07, 6.45) is 3.05. The van der Waals surface area contributed by atoms with Gasteiger partial charge >= 0.3 is 5.97 Å². The molecule has 1 fully saturated rings. The number of hydrogen-bond donors (Lipinski definition) is 3. The van der Waals surface area contributed by atoms with E-state index in [1.54, 1.807) is 18.2 Å². The van der Waals surface area contributed by atoms with Gasteiger partial charge in [-0.3, -0.25) is 9.59 Å². The number of nitrogens with one attached hydrogen (secondary N) is 2. The molecule has 0 saturated heterocycles. The highest BCUT2D eigenvalue weighted by Gasteiger charge is 2.45. The van der Waals surface area contributed by atoms with Crippen LogP contribution in [0.2, 0.25) is 0 Å². The molecule has 1 aliphatic carbocycles. The van der Waals surface area contributed by atoms with Gasteiger partial charge in [-0.2, -0.15) is 0 Å². The second-order valence-corrected chi connectivity index (χ2v) is 8.36. The number of carboxylic acids is 1. The summed E-state index contributed by atoms with van der Waals surface area (Å²) in [7, 11) is -3.79. The fourth-order valence-corrected chi connectivity index (χ4v) is 4.02. The molecule has 0 atom stereocenters. The zero-order chi connectivity index (χ0) is 19.5. The van der Waals surface area contributed by atoms with Crippen LogP contribution in [0.25, 0.3) is 0 Å². The molecule has 144 valence electrons. The highest BCUT2D eigenvalue weighted by atomic mass is 32.2. The molecule has 2 aromatic rings. The third-order valence-electron chi connectivity index (χ3n) is 4.71. The second-order valence-electron chi connectivity index (χ2n) is 6.60. The molecule has 0 radical (unpaired) electrons. The van der Waals surface area contributed by atoms with Gasteiger partial charge in [-0.25, -0.2) is 13.1 Å². The monoisotopic (exact) mass is 392 g/mol. The molecule has 1 amide bonds. The minimum atomic E-state index is -3.79. The number of sulfonamides is 1. The quantitative estimate of drug-likeness (QED) is 0.633. The van der Waals surface area contributed by atoms with Gasteiger partial charge in [0.1, 0.15) is 5.76 Å². The van der Waals surface area contributed by atoms with Gasteiger partial charge in [-0.05, 0) is 43.2 Å². The minimum absolute atomic E-state index is 0.00700. The smallest absolute Gasteiger partial charge is 0.310 e. The fourth-order valence-electron chi connectivity index (χ4n) is 2.99. The summed E-state index contributed by atoms with van der Waals surface area (Å²) in [5.41, 5.74) is -0.709. The van der Waals surface area contributed by atoms with Crippen LogP contribution in [-0.4, -0.2) is 25.4 Å². The average Bonchev–Trinajstić information content (AvgIpc) is 3.10. The fraction of sp³-hybridized carbons (Fsp3) is 0.333. The average molecular weight is 392 g/mol. The number of aliphatic carboxylic acids is 1. The molecule has 1 heterocycles. The van der Waals surface area contributed by atoms with Crippen molar-refractivity contribution in [2.75, 3.05) is 5.32 Å². The molecule has 0 unspecified atom stereocenters. The zero-order valence-corrected chi connectivity index (χ0v) is 15.3. The van der Waals surface area contributed by atoms with Gasteiger partial charge in [0, 0.05) is 12.1 Å². The molecule has 3 N–H and O–H groups in total. The number of carboxylic acid groups (broad SMARTS) is 1. The van der Waals surface area contributed by atoms with Crippen LogP contribution in [0, 0.1) is 5.41 Å². The van der Waals surface area contributed by atoms with Crippen LogP contribution in [-0.2, 0) is 26.2 Å². The molecule has 1 aromatic heterocycles. The van der Waals surface area contributed by atoms with E-state index in [4.69, 9.17) is 4.42 Å². The number of furan rings is 1. The van der Waals surface area contributed by atoms with Gasteiger partial charge in [-0.15, -0.1) is 0 Å². The van der Waals surface area contributed by atoms with E-state index in [0.29, 0.717) is 24.3 Å². The Balaban J connectivity index is 1.66. The molecule has 1 aliphatic rings. The van der Waals surface area contributed by atoms with Crippen LogP contribution in [0.3, 0.4) is 0 Å². The summed E-state index contributed by atoms with van der Waals surface area (Å²) < 4.78 is 32.3. The van der Waals surface area contributed by atoms with Crippen molar-refractivity contribution in [1.29, 1.82) is 0 Å². The predicted molar refractivity (Wildman–Crippen MR) is 96.3 cm³/mol. The minimum Gasteiger partial charge on any atom is -0.481 e. The van der Waals surface area contributed by atoms with Crippen molar-refractivity contribution in [3.63, 3.8) is 0 Å². The lowest BCUT2D eigenvalue weighted by atomic mass is 9.66. The number of rotatable bonds is 8. The van der Waals surface area contributed by atoms with Crippen LogP contribution in [0.5, 0.6) is 0 Å². The first-order valence-electron chi connectivity index (χ1n) is 8.46. The Bertz CT molecular complexity index is 933. The SMILES string of the molecule is O=C(CC1(C(=O)O)CCC1)Nc1cccc(S(=O)(=O)NCc2ccco2)c1. The largest absolute Gasteiger partial charge is 0.481 e. The van der Waals surface area contributed by atoms with Gasteiger partial charge < -0.3 is 14.8 Å². The Morgan fingerprint density at radius 2 is 1.96 bits per heavy atom. The first-order valence-corrected chi connectivity index (χ1v) is 9.94. The molecule has 8 nitrogen and oxygen atoms in total. The standard InChI is InChI=1S/C18H20N2O6S/c21-16(11-18(17(22)23)7-3-8-18)20-13-4-1-6-15(10-13)27(24,25)19-12-14-5-2-9-26-14/h1-2,4-6,9-10,19H,3,7-8,11-12H2,(H,20,21)(H,22,23). The van der Waals surface area contributed by atoms with Crippen LogP contribution in [0.4, 0.5) is 5.69 Å². The Morgan fingerprint density at radius 1 is 1.19 bits per heavy atom. The molecule has 27 heavy (non-hydrogen) atoms. The second kappa shape index (κ2) is 7.53. The van der Waals surface area contributed by atoms with Crippen LogP contribution < -0.4 is 10.0 Å². The van der Waals surface area contributed by atoms with E-state index in [1.165, 1.54) is 24.5 Å². The number of carbonyl (C=O) groups excluding carboxylic acids is 1. The number of carbonyl (C=O) groups is 2. The molecular formula is C18H20N2O6S. The van der Waals surface area contributed by atoms with Gasteiger partial charge in [0.2, 0.25) is 15.9 Å². The van der Waals surface area contributed by atoms with Gasteiger partial charge in [-0.1, -0.05) is 12.5 Å². The summed E-state index contributed by atoms with van der Waals surface area (Å²) in [6, 6.07) is 9.11. The number of anilines is 1. The van der Waals surface area contributed by atoms with Crippen molar-refractivity contribution >= 4 is 27.6 Å². The zero-order valence-electron chi connectivity index (χ0n) is 14.5. The molecule has 1 saturated carbocycles. The van der Waals surface area contributed by atoms with Crippen molar-refractivity contribution < 1.29 is 27.5 Å². The van der Waals surface area contributed by atoms with Gasteiger partial charge in [0.05, 0.1) is 23.1 Å². The van der Waals surface area contributed by atoms with Crippen molar-refractivity contribution in [2.24, 2.45) is 5.41 Å². The Hall–Kier alpha value is -2.65. The summed E-state index contributed by atoms with van der Waals surface area (Å²) in [5, 5.41) is 11.9. The Morgan fingerprint density at radius 3 is 2.56 bits per heavy atom. The highest BCUT2D eigenvalue weighted by molar-refractivity contribution is 7.89. The molecule has 0 spiro atoms. The van der Waals surface area contributed by atoms with E-state index in [2.05, 4.69) is 10.0 Å². The van der Waals surface area contributed by atoms with Crippen molar-refractivity contribution in [3.8, 4) is 0 Å².